The molecular formula is C17H13NO4S2. The van der Waals surface area contributed by atoms with Crippen molar-refractivity contribution in [3.8, 4) is 0 Å². The SMILES string of the molecule is COC(=O)C(c1ccccc1)N1C(=O)/C(=C\c2ccco2)SC1=S. The van der Waals surface area contributed by atoms with Gasteiger partial charge in [-0.05, 0) is 17.7 Å². The number of thiocarbonyl (C=S) groups is 1. The number of ether oxygens (including phenoxy) is 1. The van der Waals surface area contributed by atoms with Gasteiger partial charge in [-0.3, -0.25) is 9.69 Å². The van der Waals surface area contributed by atoms with Crippen molar-refractivity contribution in [3.63, 3.8) is 0 Å². The topological polar surface area (TPSA) is 59.8 Å². The minimum absolute atomic E-state index is 0.303. The molecule has 2 aromatic rings. The lowest BCUT2D eigenvalue weighted by Gasteiger charge is -2.24. The second kappa shape index (κ2) is 7.02. The molecule has 0 N–H and O–H groups in total. The van der Waals surface area contributed by atoms with Crippen molar-refractivity contribution < 1.29 is 18.7 Å². The van der Waals surface area contributed by atoms with Crippen LogP contribution < -0.4 is 0 Å². The predicted molar refractivity (Wildman–Crippen MR) is 94.9 cm³/mol. The molecular weight excluding hydrogens is 346 g/mol. The molecule has 1 aliphatic heterocycles. The van der Waals surface area contributed by atoms with E-state index < -0.39 is 12.0 Å². The Morgan fingerprint density at radius 2 is 2.04 bits per heavy atom. The number of rotatable bonds is 4. The number of esters is 1. The number of furan rings is 1. The smallest absolute Gasteiger partial charge is 0.333 e. The van der Waals surface area contributed by atoms with Gasteiger partial charge in [0.05, 0.1) is 18.3 Å². The van der Waals surface area contributed by atoms with Crippen LogP contribution in [0, 0.1) is 0 Å². The molecule has 2 heterocycles. The van der Waals surface area contributed by atoms with Crippen LogP contribution in [0.2, 0.25) is 0 Å². The minimum Gasteiger partial charge on any atom is -0.467 e. The van der Waals surface area contributed by atoms with Gasteiger partial charge >= 0.3 is 5.97 Å². The van der Waals surface area contributed by atoms with Gasteiger partial charge in [-0.15, -0.1) is 0 Å². The van der Waals surface area contributed by atoms with Gasteiger partial charge in [0.2, 0.25) is 0 Å². The number of methoxy groups -OCH3 is 1. The van der Waals surface area contributed by atoms with Crippen molar-refractivity contribution in [1.82, 2.24) is 4.90 Å². The Labute approximate surface area is 148 Å². The number of hydrogen-bond donors (Lipinski definition) is 0. The summed E-state index contributed by atoms with van der Waals surface area (Å²) in [5.41, 5.74) is 0.639. The van der Waals surface area contributed by atoms with Crippen molar-refractivity contribution in [2.45, 2.75) is 6.04 Å². The van der Waals surface area contributed by atoms with Crippen molar-refractivity contribution in [2.75, 3.05) is 7.11 Å². The summed E-state index contributed by atoms with van der Waals surface area (Å²) in [5.74, 6) is -0.345. The van der Waals surface area contributed by atoms with Gasteiger partial charge in [-0.1, -0.05) is 54.3 Å². The van der Waals surface area contributed by atoms with Gasteiger partial charge in [-0.2, -0.15) is 0 Å². The second-order valence-electron chi connectivity index (χ2n) is 4.90. The normalized spacial score (nSPS) is 17.4. The Bertz CT molecular complexity index is 799. The Morgan fingerprint density at radius 1 is 1.29 bits per heavy atom. The van der Waals surface area contributed by atoms with Crippen LogP contribution in [0.4, 0.5) is 0 Å². The zero-order chi connectivity index (χ0) is 17.1. The molecule has 3 rings (SSSR count). The molecule has 7 heteroatoms. The highest BCUT2D eigenvalue weighted by atomic mass is 32.2. The van der Waals surface area contributed by atoms with Crippen LogP contribution in [0.5, 0.6) is 0 Å². The fraction of sp³-hybridized carbons (Fsp3) is 0.118. The van der Waals surface area contributed by atoms with E-state index in [-0.39, 0.29) is 5.91 Å². The molecule has 5 nitrogen and oxygen atoms in total. The van der Waals surface area contributed by atoms with Gasteiger partial charge in [0.25, 0.3) is 5.91 Å². The third-order valence-corrected chi connectivity index (χ3v) is 4.77. The molecule has 0 spiro atoms. The van der Waals surface area contributed by atoms with E-state index in [1.165, 1.54) is 18.3 Å². The molecule has 0 aliphatic carbocycles. The first-order chi connectivity index (χ1) is 11.6. The molecule has 0 bridgehead atoms. The number of carbonyl (C=O) groups excluding carboxylic acids is 2. The quantitative estimate of drug-likeness (QED) is 0.474. The minimum atomic E-state index is -0.911. The van der Waals surface area contributed by atoms with E-state index >= 15 is 0 Å². The van der Waals surface area contributed by atoms with Crippen LogP contribution >= 0.6 is 24.0 Å². The summed E-state index contributed by atoms with van der Waals surface area (Å²) < 4.78 is 10.4. The zero-order valence-corrected chi connectivity index (χ0v) is 14.3. The maximum absolute atomic E-state index is 12.8. The van der Waals surface area contributed by atoms with Crippen molar-refractivity contribution in [3.05, 3.63) is 65.0 Å². The fourth-order valence-corrected chi connectivity index (χ4v) is 3.64. The highest BCUT2D eigenvalue weighted by Crippen LogP contribution is 2.38. The highest BCUT2D eigenvalue weighted by molar-refractivity contribution is 8.26. The van der Waals surface area contributed by atoms with Crippen molar-refractivity contribution in [2.24, 2.45) is 0 Å². The Kier molecular flexibility index (Phi) is 4.82. The van der Waals surface area contributed by atoms with Gasteiger partial charge in [-0.25, -0.2) is 4.79 Å². The number of benzene rings is 1. The molecule has 0 saturated carbocycles. The van der Waals surface area contributed by atoms with Gasteiger partial charge < -0.3 is 9.15 Å². The van der Waals surface area contributed by atoms with Crippen LogP contribution in [0.25, 0.3) is 6.08 Å². The average Bonchev–Trinajstić information content (AvgIpc) is 3.20. The summed E-state index contributed by atoms with van der Waals surface area (Å²) in [5, 5.41) is 0. The molecule has 0 radical (unpaired) electrons. The summed E-state index contributed by atoms with van der Waals surface area (Å²) in [6.07, 6.45) is 3.13. The molecule has 1 atom stereocenters. The van der Waals surface area contributed by atoms with Crippen LogP contribution in [-0.2, 0) is 14.3 Å². The number of nitrogens with zero attached hydrogens (tertiary/aromatic N) is 1. The first-order valence-electron chi connectivity index (χ1n) is 7.05. The molecule has 24 heavy (non-hydrogen) atoms. The molecule has 1 saturated heterocycles. The second-order valence-corrected chi connectivity index (χ2v) is 6.58. The van der Waals surface area contributed by atoms with Crippen molar-refractivity contribution in [1.29, 1.82) is 0 Å². The van der Waals surface area contributed by atoms with E-state index in [1.807, 2.05) is 6.07 Å². The first kappa shape index (κ1) is 16.5. The van der Waals surface area contributed by atoms with Crippen LogP contribution in [-0.4, -0.2) is 28.2 Å². The summed E-state index contributed by atoms with van der Waals surface area (Å²) in [7, 11) is 1.29. The predicted octanol–water partition coefficient (Wildman–Crippen LogP) is 3.40. The molecule has 1 unspecified atom stereocenters. The third kappa shape index (κ3) is 3.13. The zero-order valence-electron chi connectivity index (χ0n) is 12.7. The van der Waals surface area contributed by atoms with E-state index in [2.05, 4.69) is 0 Å². The number of carbonyl (C=O) groups is 2. The van der Waals surface area contributed by atoms with Crippen molar-refractivity contribution >= 4 is 46.3 Å². The highest BCUT2D eigenvalue weighted by Gasteiger charge is 2.41. The van der Waals surface area contributed by atoms with Gasteiger partial charge in [0, 0.05) is 6.08 Å². The maximum Gasteiger partial charge on any atom is 0.333 e. The number of amides is 1. The first-order valence-corrected chi connectivity index (χ1v) is 8.27. The molecule has 1 aliphatic rings. The Morgan fingerprint density at radius 3 is 2.67 bits per heavy atom. The molecule has 1 amide bonds. The maximum atomic E-state index is 12.8. The largest absolute Gasteiger partial charge is 0.467 e. The van der Waals surface area contributed by atoms with Crippen LogP contribution in [0.3, 0.4) is 0 Å². The van der Waals surface area contributed by atoms with E-state index in [9.17, 15) is 9.59 Å². The van der Waals surface area contributed by atoms with E-state index in [0.29, 0.717) is 20.5 Å². The molecule has 1 fully saturated rings. The fourth-order valence-electron chi connectivity index (χ4n) is 2.34. The van der Waals surface area contributed by atoms with Gasteiger partial charge in [0.15, 0.2) is 6.04 Å². The van der Waals surface area contributed by atoms with E-state index in [4.69, 9.17) is 21.4 Å². The summed E-state index contributed by atoms with van der Waals surface area (Å²) in [4.78, 5) is 26.8. The number of hydrogen-bond acceptors (Lipinski definition) is 6. The molecule has 1 aromatic carbocycles. The molecule has 1 aromatic heterocycles. The van der Waals surface area contributed by atoms with E-state index in [1.54, 1.807) is 42.5 Å². The van der Waals surface area contributed by atoms with Crippen LogP contribution in [0.15, 0.2) is 58.1 Å². The van der Waals surface area contributed by atoms with E-state index in [0.717, 1.165) is 11.8 Å². The monoisotopic (exact) mass is 359 g/mol. The standard InChI is InChI=1S/C17H13NO4S2/c1-21-16(20)14(11-6-3-2-4-7-11)18-15(19)13(24-17(18)23)10-12-8-5-9-22-12/h2-10,14H,1H3/b13-10+. The lowest BCUT2D eigenvalue weighted by molar-refractivity contribution is -0.148. The average molecular weight is 359 g/mol. The molecule has 122 valence electrons. The number of thioether (sulfide) groups is 1. The Hall–Kier alpha value is -2.38. The Balaban J connectivity index is 1.98. The summed E-state index contributed by atoms with van der Waals surface area (Å²) >= 11 is 6.45. The van der Waals surface area contributed by atoms with Crippen LogP contribution in [0.1, 0.15) is 17.4 Å². The lowest BCUT2D eigenvalue weighted by atomic mass is 10.1. The summed E-state index contributed by atoms with van der Waals surface area (Å²) in [6, 6.07) is 11.5. The summed E-state index contributed by atoms with van der Waals surface area (Å²) in [6.45, 7) is 0. The van der Waals surface area contributed by atoms with Gasteiger partial charge in [0.1, 0.15) is 10.1 Å². The lowest BCUT2D eigenvalue weighted by Crippen LogP contribution is -2.37. The third-order valence-electron chi connectivity index (χ3n) is 3.44.